The molecular formula is C24H33N3O3. The number of carbonyl (C=O) groups is 3. The second-order valence-electron chi connectivity index (χ2n) is 10.0. The summed E-state index contributed by atoms with van der Waals surface area (Å²) >= 11 is 0. The van der Waals surface area contributed by atoms with Gasteiger partial charge < -0.3 is 4.90 Å². The lowest BCUT2D eigenvalue weighted by atomic mass is 9.62. The molecule has 1 aromatic rings. The lowest BCUT2D eigenvalue weighted by Crippen LogP contribution is -2.61. The number of piperidine rings is 1. The maximum absolute atomic E-state index is 13.5. The van der Waals surface area contributed by atoms with E-state index in [4.69, 9.17) is 0 Å². The zero-order valence-electron chi connectivity index (χ0n) is 18.4. The van der Waals surface area contributed by atoms with Crippen molar-refractivity contribution in [3.05, 3.63) is 30.1 Å². The number of carbonyl (C=O) groups excluding carboxylic acids is 3. The fourth-order valence-electron chi connectivity index (χ4n) is 5.78. The van der Waals surface area contributed by atoms with Gasteiger partial charge in [-0.15, -0.1) is 0 Å². The number of hydrogen-bond acceptors (Lipinski definition) is 4. The predicted molar refractivity (Wildman–Crippen MR) is 113 cm³/mol. The van der Waals surface area contributed by atoms with Crippen molar-refractivity contribution >= 4 is 17.7 Å². The van der Waals surface area contributed by atoms with Gasteiger partial charge in [-0.2, -0.15) is 0 Å². The van der Waals surface area contributed by atoms with Crippen LogP contribution in [-0.4, -0.2) is 45.1 Å². The van der Waals surface area contributed by atoms with Gasteiger partial charge in [0.2, 0.25) is 17.7 Å². The highest BCUT2D eigenvalue weighted by Gasteiger charge is 2.64. The highest BCUT2D eigenvalue weighted by molar-refractivity contribution is 6.06. The van der Waals surface area contributed by atoms with E-state index in [9.17, 15) is 14.4 Å². The smallest absolute Gasteiger partial charge is 0.243 e. The quantitative estimate of drug-likeness (QED) is 0.695. The van der Waals surface area contributed by atoms with Crippen LogP contribution in [0.15, 0.2) is 24.5 Å². The van der Waals surface area contributed by atoms with Gasteiger partial charge in [0, 0.05) is 30.9 Å². The molecular weight excluding hydrogens is 378 g/mol. The summed E-state index contributed by atoms with van der Waals surface area (Å²) < 4.78 is 0. The molecule has 2 atom stereocenters. The maximum Gasteiger partial charge on any atom is 0.243 e. The number of amides is 3. The Balaban J connectivity index is 1.56. The molecule has 0 N–H and O–H groups in total. The first-order valence-corrected chi connectivity index (χ1v) is 11.3. The monoisotopic (exact) mass is 411 g/mol. The summed E-state index contributed by atoms with van der Waals surface area (Å²) in [5, 5.41) is 0. The minimum atomic E-state index is -0.577. The van der Waals surface area contributed by atoms with Gasteiger partial charge in [-0.1, -0.05) is 40.0 Å². The Bertz CT molecular complexity index is 831. The zero-order chi connectivity index (χ0) is 21.5. The molecule has 0 spiro atoms. The molecule has 6 nitrogen and oxygen atoms in total. The Kier molecular flexibility index (Phi) is 5.45. The van der Waals surface area contributed by atoms with E-state index in [1.807, 2.05) is 37.8 Å². The SMILES string of the molecule is CC1(C)[C@H]2CC[C@]1(C)C(=O)N(CC(=O)N(Cc1ccncc1)C1CCCCC1)C2=O. The summed E-state index contributed by atoms with van der Waals surface area (Å²) in [7, 11) is 0. The van der Waals surface area contributed by atoms with Crippen LogP contribution < -0.4 is 0 Å². The van der Waals surface area contributed by atoms with E-state index in [1.54, 1.807) is 12.4 Å². The average Bonchev–Trinajstić information content (AvgIpc) is 2.94. The van der Waals surface area contributed by atoms with E-state index in [0.29, 0.717) is 13.0 Å². The van der Waals surface area contributed by atoms with E-state index in [0.717, 1.165) is 37.7 Å². The highest BCUT2D eigenvalue weighted by atomic mass is 16.2. The van der Waals surface area contributed by atoms with Crippen LogP contribution >= 0.6 is 0 Å². The van der Waals surface area contributed by atoms with Gasteiger partial charge in [0.25, 0.3) is 0 Å². The number of hydrogen-bond donors (Lipinski definition) is 0. The molecule has 2 heterocycles. The number of pyridine rings is 1. The summed E-state index contributed by atoms with van der Waals surface area (Å²) in [6.45, 7) is 6.37. The zero-order valence-corrected chi connectivity index (χ0v) is 18.4. The van der Waals surface area contributed by atoms with E-state index in [-0.39, 0.29) is 41.6 Å². The van der Waals surface area contributed by atoms with E-state index >= 15 is 0 Å². The molecule has 1 aromatic heterocycles. The molecule has 6 heteroatoms. The maximum atomic E-state index is 13.5. The molecule has 2 bridgehead atoms. The van der Waals surface area contributed by atoms with E-state index < -0.39 is 5.41 Å². The molecule has 2 aliphatic carbocycles. The van der Waals surface area contributed by atoms with Gasteiger partial charge >= 0.3 is 0 Å². The molecule has 1 saturated heterocycles. The fourth-order valence-corrected chi connectivity index (χ4v) is 5.78. The van der Waals surface area contributed by atoms with Gasteiger partial charge in [-0.25, -0.2) is 0 Å². The van der Waals surface area contributed by atoms with Crippen LogP contribution in [0.1, 0.15) is 71.3 Å². The first-order valence-electron chi connectivity index (χ1n) is 11.3. The fraction of sp³-hybridized carbons (Fsp3) is 0.667. The summed E-state index contributed by atoms with van der Waals surface area (Å²) in [6, 6.07) is 4.01. The molecule has 3 amide bonds. The molecule has 2 saturated carbocycles. The van der Waals surface area contributed by atoms with Crippen LogP contribution in [0.2, 0.25) is 0 Å². The minimum Gasteiger partial charge on any atom is -0.334 e. The van der Waals surface area contributed by atoms with Crippen molar-refractivity contribution in [2.75, 3.05) is 6.54 Å². The summed E-state index contributed by atoms with van der Waals surface area (Å²) in [5.41, 5.74) is 0.0846. The standard InChI is InChI=1S/C24H33N3O3/c1-23(2)19-9-12-24(23,3)22(30)27(21(19)29)16-20(28)26(18-7-5-4-6-8-18)15-17-10-13-25-14-11-17/h10-11,13-14,18-19H,4-9,12,15-16H2,1-3H3/t19-,24+/m0/s1. The summed E-state index contributed by atoms with van der Waals surface area (Å²) in [4.78, 5) is 47.2. The molecule has 0 unspecified atom stereocenters. The highest BCUT2D eigenvalue weighted by Crippen LogP contribution is 2.60. The molecule has 162 valence electrons. The minimum absolute atomic E-state index is 0.122. The number of aromatic nitrogens is 1. The Morgan fingerprint density at radius 2 is 1.77 bits per heavy atom. The van der Waals surface area contributed by atoms with Gasteiger partial charge in [-0.3, -0.25) is 24.3 Å². The van der Waals surface area contributed by atoms with Crippen molar-refractivity contribution < 1.29 is 14.4 Å². The Hall–Kier alpha value is -2.24. The van der Waals surface area contributed by atoms with Crippen molar-refractivity contribution in [2.45, 2.75) is 78.3 Å². The van der Waals surface area contributed by atoms with Crippen molar-refractivity contribution in [3.63, 3.8) is 0 Å². The van der Waals surface area contributed by atoms with Gasteiger partial charge in [-0.05, 0) is 48.8 Å². The van der Waals surface area contributed by atoms with Crippen LogP contribution in [-0.2, 0) is 20.9 Å². The van der Waals surface area contributed by atoms with Crippen molar-refractivity contribution in [1.29, 1.82) is 0 Å². The van der Waals surface area contributed by atoms with Crippen LogP contribution in [0.3, 0.4) is 0 Å². The molecule has 3 fully saturated rings. The summed E-state index contributed by atoms with van der Waals surface area (Å²) in [6.07, 6.45) is 10.3. The lowest BCUT2D eigenvalue weighted by Gasteiger charge is -2.48. The van der Waals surface area contributed by atoms with Crippen molar-refractivity contribution in [1.82, 2.24) is 14.8 Å². The largest absolute Gasteiger partial charge is 0.334 e. The second-order valence-corrected chi connectivity index (χ2v) is 10.0. The normalized spacial score (nSPS) is 28.6. The van der Waals surface area contributed by atoms with Crippen molar-refractivity contribution in [2.24, 2.45) is 16.7 Å². The number of rotatable bonds is 5. The van der Waals surface area contributed by atoms with Gasteiger partial charge in [0.1, 0.15) is 6.54 Å². The van der Waals surface area contributed by atoms with Crippen LogP contribution in [0.5, 0.6) is 0 Å². The van der Waals surface area contributed by atoms with Crippen molar-refractivity contribution in [3.8, 4) is 0 Å². The molecule has 4 rings (SSSR count). The van der Waals surface area contributed by atoms with Crippen LogP contribution in [0.25, 0.3) is 0 Å². The third kappa shape index (κ3) is 3.34. The molecule has 0 radical (unpaired) electrons. The topological polar surface area (TPSA) is 70.6 Å². The third-order valence-electron chi connectivity index (χ3n) is 8.24. The second kappa shape index (κ2) is 7.78. The van der Waals surface area contributed by atoms with Gasteiger partial charge in [0.05, 0.1) is 5.41 Å². The molecule has 30 heavy (non-hydrogen) atoms. The van der Waals surface area contributed by atoms with Crippen LogP contribution in [0, 0.1) is 16.7 Å². The average molecular weight is 412 g/mol. The molecule has 0 aromatic carbocycles. The number of nitrogens with zero attached hydrogens (tertiary/aromatic N) is 3. The third-order valence-corrected chi connectivity index (χ3v) is 8.24. The first kappa shape index (κ1) is 21.0. The predicted octanol–water partition coefficient (Wildman–Crippen LogP) is 3.55. The lowest BCUT2D eigenvalue weighted by molar-refractivity contribution is -0.170. The molecule has 3 aliphatic rings. The Labute approximate surface area is 179 Å². The number of imide groups is 1. The number of fused-ring (bicyclic) bond motifs is 2. The number of likely N-dealkylation sites (tertiary alicyclic amines) is 1. The van der Waals surface area contributed by atoms with E-state index in [2.05, 4.69) is 4.98 Å². The first-order chi connectivity index (χ1) is 14.3. The molecule has 1 aliphatic heterocycles. The van der Waals surface area contributed by atoms with Gasteiger partial charge in [0.15, 0.2) is 0 Å². The van der Waals surface area contributed by atoms with Crippen LogP contribution in [0.4, 0.5) is 0 Å². The van der Waals surface area contributed by atoms with E-state index in [1.165, 1.54) is 11.3 Å². The summed E-state index contributed by atoms with van der Waals surface area (Å²) in [5.74, 6) is -0.646. The Morgan fingerprint density at radius 3 is 2.43 bits per heavy atom. The Morgan fingerprint density at radius 1 is 1.10 bits per heavy atom.